The molecule has 2 unspecified atom stereocenters. The van der Waals surface area contributed by atoms with Crippen molar-refractivity contribution in [2.75, 3.05) is 4.90 Å². The lowest BCUT2D eigenvalue weighted by Gasteiger charge is -2.38. The summed E-state index contributed by atoms with van der Waals surface area (Å²) >= 11 is 6.38. The molecule has 3 rings (SSSR count). The van der Waals surface area contributed by atoms with E-state index >= 15 is 0 Å². The van der Waals surface area contributed by atoms with Gasteiger partial charge in [0, 0.05) is 23.7 Å². The van der Waals surface area contributed by atoms with Gasteiger partial charge in [-0.1, -0.05) is 32.4 Å². The van der Waals surface area contributed by atoms with E-state index in [4.69, 9.17) is 11.6 Å². The van der Waals surface area contributed by atoms with E-state index in [2.05, 4.69) is 4.98 Å². The van der Waals surface area contributed by atoms with Gasteiger partial charge in [0.1, 0.15) is 23.5 Å². The van der Waals surface area contributed by atoms with Crippen LogP contribution in [0.5, 0.6) is 0 Å². The second kappa shape index (κ2) is 6.34. The maximum Gasteiger partial charge on any atom is 0.326 e. The van der Waals surface area contributed by atoms with Gasteiger partial charge >= 0.3 is 5.97 Å². The molecule has 0 aliphatic carbocycles. The van der Waals surface area contributed by atoms with Gasteiger partial charge in [-0.25, -0.2) is 18.6 Å². The van der Waals surface area contributed by atoms with Crippen LogP contribution in [0.4, 0.5) is 14.6 Å². The molecule has 1 saturated heterocycles. The Morgan fingerprint density at radius 1 is 1.31 bits per heavy atom. The molecule has 1 aromatic carbocycles. The third-order valence-corrected chi connectivity index (χ3v) is 5.53. The number of nitrogens with zero attached hydrogens (tertiary/aromatic N) is 2. The van der Waals surface area contributed by atoms with Gasteiger partial charge in [-0.15, -0.1) is 0 Å². The molecule has 1 aromatic heterocycles. The topological polar surface area (TPSA) is 53.4 Å². The molecular weight excluding hydrogens is 362 g/mol. The number of fused-ring (bicyclic) bond motifs is 1. The summed E-state index contributed by atoms with van der Waals surface area (Å²) in [6.07, 6.45) is 1.17. The summed E-state index contributed by atoms with van der Waals surface area (Å²) in [4.78, 5) is 18.0. The molecule has 1 aliphatic rings. The molecule has 1 aliphatic heterocycles. The van der Waals surface area contributed by atoms with Crippen LogP contribution in [0.15, 0.2) is 12.1 Å². The average Bonchev–Trinajstić information content (AvgIpc) is 2.95. The van der Waals surface area contributed by atoms with Gasteiger partial charge in [0.2, 0.25) is 0 Å². The predicted molar refractivity (Wildman–Crippen MR) is 97.8 cm³/mol. The second-order valence-electron chi connectivity index (χ2n) is 7.88. The lowest BCUT2D eigenvalue weighted by molar-refractivity contribution is -0.138. The maximum absolute atomic E-state index is 14.2. The molecule has 1 fully saturated rings. The van der Waals surface area contributed by atoms with Crippen LogP contribution in [-0.2, 0) is 4.79 Å². The number of hydrogen-bond donors (Lipinski definition) is 1. The normalized spacial score (nSPS) is 20.8. The Bertz CT molecular complexity index is 895. The Labute approximate surface area is 155 Å². The van der Waals surface area contributed by atoms with Crippen LogP contribution >= 0.6 is 11.6 Å². The fourth-order valence-corrected chi connectivity index (χ4v) is 4.07. The summed E-state index contributed by atoms with van der Waals surface area (Å²) in [7, 11) is 0. The first-order valence-corrected chi connectivity index (χ1v) is 8.86. The molecule has 2 atom stereocenters. The van der Waals surface area contributed by atoms with Crippen molar-refractivity contribution in [2.24, 2.45) is 5.41 Å². The fraction of sp³-hybridized carbons (Fsp3) is 0.474. The Balaban J connectivity index is 2.27. The number of aliphatic carboxylic acids is 1. The molecule has 0 amide bonds. The van der Waals surface area contributed by atoms with Gasteiger partial charge in [0.15, 0.2) is 0 Å². The van der Waals surface area contributed by atoms with Crippen molar-refractivity contribution in [3.8, 4) is 0 Å². The third-order valence-electron chi connectivity index (χ3n) is 5.06. The fourth-order valence-electron chi connectivity index (χ4n) is 3.80. The number of hydrogen-bond acceptors (Lipinski definition) is 3. The molecular formula is C19H21ClF2N2O2. The van der Waals surface area contributed by atoms with Crippen LogP contribution in [0.3, 0.4) is 0 Å². The molecule has 2 aromatic rings. The Morgan fingerprint density at radius 2 is 1.96 bits per heavy atom. The van der Waals surface area contributed by atoms with E-state index in [0.717, 1.165) is 12.1 Å². The van der Waals surface area contributed by atoms with E-state index in [0.29, 0.717) is 24.2 Å². The molecule has 26 heavy (non-hydrogen) atoms. The van der Waals surface area contributed by atoms with Gasteiger partial charge < -0.3 is 10.0 Å². The Kier molecular flexibility index (Phi) is 4.59. The highest BCUT2D eigenvalue weighted by atomic mass is 35.5. The molecule has 0 spiro atoms. The van der Waals surface area contributed by atoms with E-state index in [1.807, 2.05) is 20.8 Å². The highest BCUT2D eigenvalue weighted by Gasteiger charge is 2.44. The zero-order valence-electron chi connectivity index (χ0n) is 15.1. The molecule has 0 bridgehead atoms. The van der Waals surface area contributed by atoms with Gasteiger partial charge in [-0.3, -0.25) is 0 Å². The molecule has 2 heterocycles. The third kappa shape index (κ3) is 3.00. The van der Waals surface area contributed by atoms with Gasteiger partial charge in [0.25, 0.3) is 0 Å². The van der Waals surface area contributed by atoms with Crippen LogP contribution in [0, 0.1) is 24.0 Å². The zero-order valence-corrected chi connectivity index (χ0v) is 15.9. The summed E-state index contributed by atoms with van der Waals surface area (Å²) < 4.78 is 27.9. The molecule has 0 saturated carbocycles. The number of rotatable bonds is 2. The SMILES string of the molecule is Cc1c(N2C(C(=O)O)CCC2C(C)(C)C)nc2cc(F)cc(F)c2c1Cl. The summed E-state index contributed by atoms with van der Waals surface area (Å²) in [5.74, 6) is -2.11. The van der Waals surface area contributed by atoms with Crippen molar-refractivity contribution >= 4 is 34.3 Å². The van der Waals surface area contributed by atoms with E-state index < -0.39 is 23.6 Å². The average molecular weight is 383 g/mol. The van der Waals surface area contributed by atoms with Crippen molar-refractivity contribution in [2.45, 2.75) is 52.6 Å². The van der Waals surface area contributed by atoms with Crippen molar-refractivity contribution < 1.29 is 18.7 Å². The molecule has 1 N–H and O–H groups in total. The number of pyridine rings is 1. The Hall–Kier alpha value is -1.95. The predicted octanol–water partition coefficient (Wildman–Crippen LogP) is 4.94. The van der Waals surface area contributed by atoms with Gasteiger partial charge in [-0.05, 0) is 25.2 Å². The number of benzene rings is 1. The van der Waals surface area contributed by atoms with Crippen LogP contribution in [0.1, 0.15) is 39.2 Å². The number of halogens is 3. The minimum Gasteiger partial charge on any atom is -0.480 e. The molecule has 0 radical (unpaired) electrons. The van der Waals surface area contributed by atoms with E-state index in [1.54, 1.807) is 11.8 Å². The van der Waals surface area contributed by atoms with E-state index in [-0.39, 0.29) is 27.4 Å². The van der Waals surface area contributed by atoms with Crippen LogP contribution in [0.25, 0.3) is 10.9 Å². The first kappa shape index (κ1) is 18.8. The number of anilines is 1. The van der Waals surface area contributed by atoms with E-state index in [9.17, 15) is 18.7 Å². The zero-order chi connectivity index (χ0) is 19.4. The van der Waals surface area contributed by atoms with Gasteiger partial charge in [-0.2, -0.15) is 0 Å². The Morgan fingerprint density at radius 3 is 2.54 bits per heavy atom. The summed E-state index contributed by atoms with van der Waals surface area (Å²) in [6, 6.07) is 1.05. The minimum absolute atomic E-state index is 0.0488. The van der Waals surface area contributed by atoms with Crippen LogP contribution in [0.2, 0.25) is 5.02 Å². The van der Waals surface area contributed by atoms with Crippen LogP contribution in [-0.4, -0.2) is 28.1 Å². The van der Waals surface area contributed by atoms with E-state index in [1.165, 1.54) is 0 Å². The molecule has 140 valence electrons. The molecule has 7 heteroatoms. The highest BCUT2D eigenvalue weighted by molar-refractivity contribution is 6.36. The molecule has 4 nitrogen and oxygen atoms in total. The summed E-state index contributed by atoms with van der Waals surface area (Å²) in [5, 5.41) is 9.85. The minimum atomic E-state index is -0.945. The largest absolute Gasteiger partial charge is 0.480 e. The van der Waals surface area contributed by atoms with Crippen LogP contribution < -0.4 is 4.90 Å². The lowest BCUT2D eigenvalue weighted by atomic mass is 9.85. The first-order valence-electron chi connectivity index (χ1n) is 8.48. The van der Waals surface area contributed by atoms with Crippen molar-refractivity contribution in [1.82, 2.24) is 4.98 Å². The second-order valence-corrected chi connectivity index (χ2v) is 8.25. The number of aromatic nitrogens is 1. The highest BCUT2D eigenvalue weighted by Crippen LogP contribution is 2.43. The lowest BCUT2D eigenvalue weighted by Crippen LogP contribution is -2.47. The quantitative estimate of drug-likeness (QED) is 0.799. The standard InChI is InChI=1S/C19H21ClF2N2O2/c1-9-16(20)15-11(22)7-10(21)8-12(15)23-17(9)24-13(18(25)26)5-6-14(24)19(2,3)4/h7-8,13-14H,5-6H2,1-4H3,(H,25,26). The monoisotopic (exact) mass is 382 g/mol. The van der Waals surface area contributed by atoms with Crippen molar-refractivity contribution in [3.05, 3.63) is 34.4 Å². The summed E-state index contributed by atoms with van der Waals surface area (Å²) in [5.41, 5.74) is 0.372. The van der Waals surface area contributed by atoms with Crippen molar-refractivity contribution in [3.63, 3.8) is 0 Å². The number of carboxylic acids is 1. The van der Waals surface area contributed by atoms with Crippen molar-refractivity contribution in [1.29, 1.82) is 0 Å². The number of carboxylic acid groups (broad SMARTS) is 1. The number of carbonyl (C=O) groups is 1. The maximum atomic E-state index is 14.2. The summed E-state index contributed by atoms with van der Waals surface area (Å²) in [6.45, 7) is 7.79. The van der Waals surface area contributed by atoms with Gasteiger partial charge in [0.05, 0.1) is 15.9 Å². The first-order chi connectivity index (χ1) is 12.0. The smallest absolute Gasteiger partial charge is 0.326 e.